The number of fused-ring (bicyclic) bond motifs is 1. The zero-order valence-corrected chi connectivity index (χ0v) is 15.9. The standard InChI is InChI=1S/C21H18ClN5O/c22-16-6-7-17-18(12-16)23-13-24-20(17)27-10-8-15(9-11-27)21-25-19(26-28-21)14-4-2-1-3-5-14/h1-7,12-13,15H,8-11H2. The lowest BCUT2D eigenvalue weighted by molar-refractivity contribution is 0.329. The second kappa shape index (κ2) is 7.20. The predicted molar refractivity (Wildman–Crippen MR) is 108 cm³/mol. The molecule has 1 fully saturated rings. The van der Waals surface area contributed by atoms with Gasteiger partial charge in [0.2, 0.25) is 11.7 Å². The van der Waals surface area contributed by atoms with E-state index in [4.69, 9.17) is 16.1 Å². The summed E-state index contributed by atoms with van der Waals surface area (Å²) in [6.45, 7) is 1.75. The van der Waals surface area contributed by atoms with Gasteiger partial charge in [-0.3, -0.25) is 0 Å². The van der Waals surface area contributed by atoms with Crippen LogP contribution in [0.25, 0.3) is 22.3 Å². The highest BCUT2D eigenvalue weighted by Gasteiger charge is 2.27. The summed E-state index contributed by atoms with van der Waals surface area (Å²) in [5, 5.41) is 5.86. The topological polar surface area (TPSA) is 67.9 Å². The SMILES string of the molecule is Clc1ccc2c(N3CCC(c4nc(-c5ccccc5)no4)CC3)ncnc2c1. The Balaban J connectivity index is 1.33. The van der Waals surface area contributed by atoms with Crippen molar-refractivity contribution in [2.45, 2.75) is 18.8 Å². The van der Waals surface area contributed by atoms with Crippen LogP contribution in [-0.2, 0) is 0 Å². The van der Waals surface area contributed by atoms with Gasteiger partial charge < -0.3 is 9.42 Å². The van der Waals surface area contributed by atoms with Crippen molar-refractivity contribution in [1.29, 1.82) is 0 Å². The van der Waals surface area contributed by atoms with E-state index >= 15 is 0 Å². The lowest BCUT2D eigenvalue weighted by Crippen LogP contribution is -2.33. The highest BCUT2D eigenvalue weighted by atomic mass is 35.5. The molecule has 7 heteroatoms. The fraction of sp³-hybridized carbons (Fsp3) is 0.238. The van der Waals surface area contributed by atoms with E-state index in [-0.39, 0.29) is 5.92 Å². The summed E-state index contributed by atoms with van der Waals surface area (Å²) in [6, 6.07) is 15.7. The number of piperidine rings is 1. The van der Waals surface area contributed by atoms with E-state index in [9.17, 15) is 0 Å². The zero-order valence-electron chi connectivity index (χ0n) is 15.1. The van der Waals surface area contributed by atoms with Crippen molar-refractivity contribution in [3.05, 3.63) is 65.8 Å². The number of hydrogen-bond acceptors (Lipinski definition) is 6. The molecule has 28 heavy (non-hydrogen) atoms. The number of hydrogen-bond donors (Lipinski definition) is 0. The highest BCUT2D eigenvalue weighted by Crippen LogP contribution is 2.32. The molecule has 140 valence electrons. The first-order valence-electron chi connectivity index (χ1n) is 9.32. The van der Waals surface area contributed by atoms with E-state index < -0.39 is 0 Å². The van der Waals surface area contributed by atoms with Crippen LogP contribution in [0.2, 0.25) is 5.02 Å². The molecule has 6 nitrogen and oxygen atoms in total. The van der Waals surface area contributed by atoms with Gasteiger partial charge in [-0.1, -0.05) is 47.1 Å². The number of halogens is 1. The lowest BCUT2D eigenvalue weighted by Gasteiger charge is -2.31. The first kappa shape index (κ1) is 17.1. The van der Waals surface area contributed by atoms with Crippen molar-refractivity contribution in [1.82, 2.24) is 20.1 Å². The summed E-state index contributed by atoms with van der Waals surface area (Å²) in [6.07, 6.45) is 3.48. The summed E-state index contributed by atoms with van der Waals surface area (Å²) in [7, 11) is 0. The van der Waals surface area contributed by atoms with E-state index in [1.54, 1.807) is 6.33 Å². The molecule has 0 aliphatic carbocycles. The molecule has 0 radical (unpaired) electrons. The summed E-state index contributed by atoms with van der Waals surface area (Å²) >= 11 is 6.09. The monoisotopic (exact) mass is 391 g/mol. The number of benzene rings is 2. The molecule has 0 unspecified atom stereocenters. The van der Waals surface area contributed by atoms with Crippen LogP contribution in [0.5, 0.6) is 0 Å². The molecule has 0 atom stereocenters. The summed E-state index contributed by atoms with van der Waals surface area (Å²) in [4.78, 5) is 15.8. The lowest BCUT2D eigenvalue weighted by atomic mass is 9.96. The molecule has 2 aromatic heterocycles. The third kappa shape index (κ3) is 3.20. The van der Waals surface area contributed by atoms with Gasteiger partial charge in [0.15, 0.2) is 0 Å². The Bertz CT molecular complexity index is 1110. The van der Waals surface area contributed by atoms with E-state index in [2.05, 4.69) is 25.0 Å². The van der Waals surface area contributed by atoms with Crippen LogP contribution in [-0.4, -0.2) is 33.2 Å². The minimum atomic E-state index is 0.267. The van der Waals surface area contributed by atoms with Crippen LogP contribution >= 0.6 is 11.6 Å². The molecular weight excluding hydrogens is 374 g/mol. The predicted octanol–water partition coefficient (Wildman–Crippen LogP) is 4.72. The molecule has 0 bridgehead atoms. The molecule has 0 saturated carbocycles. The average molecular weight is 392 g/mol. The maximum atomic E-state index is 6.09. The second-order valence-electron chi connectivity index (χ2n) is 6.94. The van der Waals surface area contributed by atoms with Crippen LogP contribution in [0.1, 0.15) is 24.7 Å². The molecule has 2 aromatic carbocycles. The number of rotatable bonds is 3. The van der Waals surface area contributed by atoms with E-state index in [1.165, 1.54) is 0 Å². The van der Waals surface area contributed by atoms with Crippen molar-refractivity contribution < 1.29 is 4.52 Å². The first-order valence-corrected chi connectivity index (χ1v) is 9.70. The smallest absolute Gasteiger partial charge is 0.230 e. The summed E-state index contributed by atoms with van der Waals surface area (Å²) in [5.74, 6) is 2.59. The third-order valence-corrected chi connectivity index (χ3v) is 5.43. The summed E-state index contributed by atoms with van der Waals surface area (Å²) < 4.78 is 5.56. The molecule has 1 aliphatic heterocycles. The van der Waals surface area contributed by atoms with Crippen molar-refractivity contribution in [2.75, 3.05) is 18.0 Å². The molecule has 0 amide bonds. The highest BCUT2D eigenvalue weighted by molar-refractivity contribution is 6.31. The van der Waals surface area contributed by atoms with Crippen molar-refractivity contribution in [2.24, 2.45) is 0 Å². The summed E-state index contributed by atoms with van der Waals surface area (Å²) in [5.41, 5.74) is 1.84. The van der Waals surface area contributed by atoms with Crippen LogP contribution in [0, 0.1) is 0 Å². The van der Waals surface area contributed by atoms with Gasteiger partial charge in [0.25, 0.3) is 0 Å². The van der Waals surface area contributed by atoms with Crippen molar-refractivity contribution in [3.63, 3.8) is 0 Å². The van der Waals surface area contributed by atoms with Crippen LogP contribution in [0.3, 0.4) is 0 Å². The quantitative estimate of drug-likeness (QED) is 0.503. The third-order valence-electron chi connectivity index (χ3n) is 5.19. The Morgan fingerprint density at radius 2 is 1.82 bits per heavy atom. The fourth-order valence-corrected chi connectivity index (χ4v) is 3.88. The van der Waals surface area contributed by atoms with Gasteiger partial charge in [-0.2, -0.15) is 4.98 Å². The molecular formula is C21H18ClN5O. The molecule has 1 saturated heterocycles. The second-order valence-corrected chi connectivity index (χ2v) is 7.38. The number of aromatic nitrogens is 4. The number of anilines is 1. The fourth-order valence-electron chi connectivity index (χ4n) is 3.71. The van der Waals surface area contributed by atoms with E-state index in [1.807, 2.05) is 48.5 Å². The maximum absolute atomic E-state index is 6.09. The Morgan fingerprint density at radius 3 is 2.64 bits per heavy atom. The van der Waals surface area contributed by atoms with Crippen LogP contribution in [0.4, 0.5) is 5.82 Å². The van der Waals surface area contributed by atoms with Gasteiger partial charge in [0.1, 0.15) is 12.1 Å². The van der Waals surface area contributed by atoms with Gasteiger partial charge in [0, 0.05) is 35.0 Å². The first-order chi connectivity index (χ1) is 13.8. The Kier molecular flexibility index (Phi) is 4.41. The molecule has 4 aromatic rings. The zero-order chi connectivity index (χ0) is 18.9. The minimum Gasteiger partial charge on any atom is -0.356 e. The molecule has 0 N–H and O–H groups in total. The average Bonchev–Trinajstić information content (AvgIpc) is 3.24. The van der Waals surface area contributed by atoms with Gasteiger partial charge in [-0.05, 0) is 31.0 Å². The van der Waals surface area contributed by atoms with Gasteiger partial charge in [-0.15, -0.1) is 0 Å². The van der Waals surface area contributed by atoms with Crippen molar-refractivity contribution >= 4 is 28.3 Å². The Labute approximate surface area is 167 Å². The molecule has 1 aliphatic rings. The largest absolute Gasteiger partial charge is 0.356 e. The van der Waals surface area contributed by atoms with Crippen LogP contribution < -0.4 is 4.90 Å². The minimum absolute atomic E-state index is 0.267. The van der Waals surface area contributed by atoms with E-state index in [0.717, 1.165) is 54.1 Å². The Hall–Kier alpha value is -2.99. The van der Waals surface area contributed by atoms with Gasteiger partial charge in [0.05, 0.1) is 5.52 Å². The molecule has 0 spiro atoms. The number of nitrogens with zero attached hydrogens (tertiary/aromatic N) is 5. The van der Waals surface area contributed by atoms with Gasteiger partial charge in [-0.25, -0.2) is 9.97 Å². The maximum Gasteiger partial charge on any atom is 0.230 e. The van der Waals surface area contributed by atoms with Crippen LogP contribution in [0.15, 0.2) is 59.4 Å². The van der Waals surface area contributed by atoms with Gasteiger partial charge >= 0.3 is 0 Å². The molecule has 3 heterocycles. The van der Waals surface area contributed by atoms with E-state index in [0.29, 0.717) is 10.8 Å². The molecule has 5 rings (SSSR count). The Morgan fingerprint density at radius 1 is 1.00 bits per heavy atom. The van der Waals surface area contributed by atoms with Crippen molar-refractivity contribution in [3.8, 4) is 11.4 Å². The normalized spacial score (nSPS) is 15.2.